The van der Waals surface area contributed by atoms with Crippen molar-refractivity contribution in [2.75, 3.05) is 0 Å². The number of aromatic hydroxyl groups is 2. The van der Waals surface area contributed by atoms with E-state index in [1.165, 1.54) is 24.3 Å². The van der Waals surface area contributed by atoms with E-state index in [4.69, 9.17) is 0 Å². The van der Waals surface area contributed by atoms with Gasteiger partial charge in [-0.1, -0.05) is 54.4 Å². The molecular formula is C25H36O4S. The van der Waals surface area contributed by atoms with E-state index < -0.39 is 9.84 Å². The zero-order chi connectivity index (χ0) is 22.7. The molecular weight excluding hydrogens is 396 g/mol. The normalized spacial score (nSPS) is 12.9. The average Bonchev–Trinajstić information content (AvgIpc) is 2.74. The minimum absolute atomic E-state index is 0.0206. The molecule has 0 fully saturated rings. The molecule has 0 aliphatic heterocycles. The molecule has 0 bridgehead atoms. The van der Waals surface area contributed by atoms with Crippen LogP contribution in [0.4, 0.5) is 0 Å². The summed E-state index contributed by atoms with van der Waals surface area (Å²) in [6.07, 6.45) is 4.06. The number of hydrogen-bond donors (Lipinski definition) is 2. The number of hydrogen-bond acceptors (Lipinski definition) is 4. The molecule has 0 amide bonds. The van der Waals surface area contributed by atoms with Crippen LogP contribution in [0, 0.1) is 5.41 Å². The number of phenols is 2. The molecule has 0 aliphatic carbocycles. The Morgan fingerprint density at radius 2 is 1.33 bits per heavy atom. The molecule has 0 unspecified atom stereocenters. The minimum atomic E-state index is -3.79. The molecule has 2 N–H and O–H groups in total. The molecule has 2 aromatic rings. The van der Waals surface area contributed by atoms with Gasteiger partial charge in [0.1, 0.15) is 11.5 Å². The maximum atomic E-state index is 13.4. The molecule has 2 rings (SSSR count). The van der Waals surface area contributed by atoms with Crippen molar-refractivity contribution in [1.82, 2.24) is 0 Å². The van der Waals surface area contributed by atoms with Crippen molar-refractivity contribution < 1.29 is 18.6 Å². The van der Waals surface area contributed by atoms with E-state index in [-0.39, 0.29) is 32.1 Å². The first-order valence-corrected chi connectivity index (χ1v) is 12.3. The van der Waals surface area contributed by atoms with Crippen LogP contribution >= 0.6 is 0 Å². The summed E-state index contributed by atoms with van der Waals surface area (Å²) in [5.41, 5.74) is 1.03. The van der Waals surface area contributed by atoms with Crippen molar-refractivity contribution in [2.45, 2.75) is 88.9 Å². The Labute approximate surface area is 181 Å². The first kappa shape index (κ1) is 24.3. The quantitative estimate of drug-likeness (QED) is 0.482. The Balaban J connectivity index is 2.77. The van der Waals surface area contributed by atoms with Crippen molar-refractivity contribution in [3.8, 4) is 11.5 Å². The molecule has 0 aromatic heterocycles. The second-order valence-electron chi connectivity index (χ2n) is 8.94. The van der Waals surface area contributed by atoms with E-state index in [0.717, 1.165) is 25.7 Å². The summed E-state index contributed by atoms with van der Waals surface area (Å²) in [5.74, 6) is 0.242. The highest BCUT2D eigenvalue weighted by Gasteiger charge is 2.32. The second kappa shape index (κ2) is 9.01. The highest BCUT2D eigenvalue weighted by atomic mass is 32.2. The van der Waals surface area contributed by atoms with Crippen molar-refractivity contribution in [3.05, 3.63) is 47.5 Å². The van der Waals surface area contributed by atoms with Crippen LogP contribution in [0.25, 0.3) is 0 Å². The van der Waals surface area contributed by atoms with Crippen LogP contribution in [0.15, 0.2) is 46.2 Å². The smallest absolute Gasteiger partial charge is 0.206 e. The topological polar surface area (TPSA) is 74.6 Å². The summed E-state index contributed by atoms with van der Waals surface area (Å²) in [7, 11) is -3.79. The molecule has 0 aliphatic rings. The van der Waals surface area contributed by atoms with Gasteiger partial charge < -0.3 is 10.2 Å². The van der Waals surface area contributed by atoms with Crippen LogP contribution in [-0.4, -0.2) is 18.6 Å². The van der Waals surface area contributed by atoms with E-state index in [0.29, 0.717) is 17.5 Å². The molecule has 30 heavy (non-hydrogen) atoms. The summed E-state index contributed by atoms with van der Waals surface area (Å²) in [5, 5.41) is 20.8. The average molecular weight is 433 g/mol. The van der Waals surface area contributed by atoms with Crippen LogP contribution in [0.5, 0.6) is 11.5 Å². The number of sulfone groups is 1. The molecule has 4 nitrogen and oxygen atoms in total. The summed E-state index contributed by atoms with van der Waals surface area (Å²) in [4.78, 5) is 0.324. The Bertz CT molecular complexity index is 967. The van der Waals surface area contributed by atoms with Crippen LogP contribution in [0.1, 0.15) is 78.4 Å². The second-order valence-corrected chi connectivity index (χ2v) is 10.9. The molecule has 2 aromatic carbocycles. The fourth-order valence-electron chi connectivity index (χ4n) is 3.77. The van der Waals surface area contributed by atoms with E-state index in [1.807, 2.05) is 0 Å². The number of benzene rings is 2. The first-order chi connectivity index (χ1) is 14.0. The van der Waals surface area contributed by atoms with Gasteiger partial charge in [0, 0.05) is 5.56 Å². The number of phenolic OH excluding ortho intramolecular Hbond substituents is 2. The van der Waals surface area contributed by atoms with Crippen LogP contribution in [0.2, 0.25) is 0 Å². The Hall–Kier alpha value is -2.01. The Morgan fingerprint density at radius 3 is 1.80 bits per heavy atom. The summed E-state index contributed by atoms with van der Waals surface area (Å²) >= 11 is 0. The van der Waals surface area contributed by atoms with Gasteiger partial charge in [0.05, 0.1) is 9.79 Å². The van der Waals surface area contributed by atoms with Gasteiger partial charge in [-0.25, -0.2) is 8.42 Å². The third kappa shape index (κ3) is 4.66. The maximum absolute atomic E-state index is 13.4. The lowest BCUT2D eigenvalue weighted by atomic mass is 9.74. The standard InChI is InChI=1S/C25H36O4S/c1-7-24(5,8-2)17-18-15-21(16-22(23(18)27)25(6,9-3)10-4)30(28,29)20-13-11-19(26)12-14-20/h11-16,26-27H,7-10,17H2,1-6H3. The van der Waals surface area contributed by atoms with Gasteiger partial charge in [-0.3, -0.25) is 0 Å². The zero-order valence-electron chi connectivity index (χ0n) is 19.1. The molecule has 0 atom stereocenters. The van der Waals surface area contributed by atoms with E-state index >= 15 is 0 Å². The van der Waals surface area contributed by atoms with Crippen LogP contribution in [0.3, 0.4) is 0 Å². The first-order valence-electron chi connectivity index (χ1n) is 10.9. The van der Waals surface area contributed by atoms with E-state index in [1.54, 1.807) is 12.1 Å². The fourth-order valence-corrected chi connectivity index (χ4v) is 5.10. The highest BCUT2D eigenvalue weighted by molar-refractivity contribution is 7.91. The van der Waals surface area contributed by atoms with Gasteiger partial charge in [0.15, 0.2) is 0 Å². The molecule has 5 heteroatoms. The monoisotopic (exact) mass is 432 g/mol. The Kier molecular flexibility index (Phi) is 7.28. The largest absolute Gasteiger partial charge is 0.508 e. The van der Waals surface area contributed by atoms with Gasteiger partial charge in [0.25, 0.3) is 0 Å². The summed E-state index contributed by atoms with van der Waals surface area (Å²) in [6, 6.07) is 8.86. The van der Waals surface area contributed by atoms with Gasteiger partial charge >= 0.3 is 0 Å². The molecule has 0 spiro atoms. The Morgan fingerprint density at radius 1 is 0.800 bits per heavy atom. The van der Waals surface area contributed by atoms with Crippen LogP contribution in [-0.2, 0) is 21.7 Å². The van der Waals surface area contributed by atoms with Crippen molar-refractivity contribution in [1.29, 1.82) is 0 Å². The summed E-state index contributed by atoms with van der Waals surface area (Å²) in [6.45, 7) is 12.6. The van der Waals surface area contributed by atoms with Gasteiger partial charge in [-0.2, -0.15) is 0 Å². The van der Waals surface area contributed by atoms with Gasteiger partial charge in [-0.15, -0.1) is 0 Å². The summed E-state index contributed by atoms with van der Waals surface area (Å²) < 4.78 is 26.8. The predicted molar refractivity (Wildman–Crippen MR) is 122 cm³/mol. The molecule has 0 heterocycles. The maximum Gasteiger partial charge on any atom is 0.206 e. The highest BCUT2D eigenvalue weighted by Crippen LogP contribution is 2.43. The van der Waals surface area contributed by atoms with E-state index in [9.17, 15) is 18.6 Å². The van der Waals surface area contributed by atoms with Crippen molar-refractivity contribution in [3.63, 3.8) is 0 Å². The molecule has 0 radical (unpaired) electrons. The fraction of sp³-hybridized carbons (Fsp3) is 0.520. The lowest BCUT2D eigenvalue weighted by molar-refractivity contribution is 0.289. The van der Waals surface area contributed by atoms with Crippen LogP contribution < -0.4 is 0 Å². The van der Waals surface area contributed by atoms with Gasteiger partial charge in [-0.05, 0) is 72.1 Å². The number of rotatable bonds is 9. The van der Waals surface area contributed by atoms with E-state index in [2.05, 4.69) is 41.5 Å². The van der Waals surface area contributed by atoms with Gasteiger partial charge in [0.2, 0.25) is 9.84 Å². The predicted octanol–water partition coefficient (Wildman–Crippen LogP) is 6.38. The van der Waals surface area contributed by atoms with Crippen molar-refractivity contribution >= 4 is 9.84 Å². The lowest BCUT2D eigenvalue weighted by Crippen LogP contribution is -2.23. The lowest BCUT2D eigenvalue weighted by Gasteiger charge is -2.32. The van der Waals surface area contributed by atoms with Crippen molar-refractivity contribution in [2.24, 2.45) is 5.41 Å². The molecule has 0 saturated heterocycles. The SMILES string of the molecule is CCC(C)(CC)Cc1cc(S(=O)(=O)c2ccc(O)cc2)cc(C(C)(CC)CC)c1O. The zero-order valence-corrected chi connectivity index (χ0v) is 19.9. The third-order valence-electron chi connectivity index (χ3n) is 7.15. The third-order valence-corrected chi connectivity index (χ3v) is 8.90. The molecule has 0 saturated carbocycles. The molecule has 166 valence electrons. The minimum Gasteiger partial charge on any atom is -0.508 e.